The summed E-state index contributed by atoms with van der Waals surface area (Å²) in [5.74, 6) is 0. The Balaban J connectivity index is 2.16. The second-order valence-electron chi connectivity index (χ2n) is 3.56. The predicted molar refractivity (Wildman–Crippen MR) is 60.9 cm³/mol. The van der Waals surface area contributed by atoms with E-state index in [1.807, 2.05) is 36.1 Å². The van der Waals surface area contributed by atoms with Gasteiger partial charge in [0.05, 0.1) is 17.4 Å². The maximum atomic E-state index is 8.66. The Morgan fingerprint density at radius 3 is 3.13 bits per heavy atom. The molecule has 0 spiro atoms. The van der Waals surface area contributed by atoms with Gasteiger partial charge < -0.3 is 15.0 Å². The largest absolute Gasteiger partial charge is 0.396 e. The zero-order valence-electron chi connectivity index (χ0n) is 8.77. The number of hydrogen-bond acceptors (Lipinski definition) is 3. The number of rotatable bonds is 4. The van der Waals surface area contributed by atoms with Crippen LogP contribution in [0.5, 0.6) is 0 Å². The fourth-order valence-corrected chi connectivity index (χ4v) is 1.56. The van der Waals surface area contributed by atoms with Crippen LogP contribution in [0.25, 0.3) is 11.0 Å². The van der Waals surface area contributed by atoms with Crippen molar-refractivity contribution < 1.29 is 5.11 Å². The summed E-state index contributed by atoms with van der Waals surface area (Å²) in [5.41, 5.74) is 3.17. The molecule has 0 saturated heterocycles. The molecule has 4 nitrogen and oxygen atoms in total. The second kappa shape index (κ2) is 4.31. The monoisotopic (exact) mass is 205 g/mol. The van der Waals surface area contributed by atoms with Crippen molar-refractivity contribution in [1.29, 1.82) is 0 Å². The molecule has 0 aliphatic rings. The summed E-state index contributed by atoms with van der Waals surface area (Å²) in [6.07, 6.45) is 2.57. The Hall–Kier alpha value is -1.55. The molecule has 1 aromatic heterocycles. The highest BCUT2D eigenvalue weighted by Crippen LogP contribution is 2.17. The first-order valence-electron chi connectivity index (χ1n) is 5.07. The third kappa shape index (κ3) is 2.10. The van der Waals surface area contributed by atoms with Crippen LogP contribution in [-0.4, -0.2) is 27.8 Å². The molecule has 80 valence electrons. The summed E-state index contributed by atoms with van der Waals surface area (Å²) in [7, 11) is 1.98. The highest BCUT2D eigenvalue weighted by atomic mass is 16.3. The lowest BCUT2D eigenvalue weighted by Gasteiger charge is -2.04. The molecule has 0 unspecified atom stereocenters. The van der Waals surface area contributed by atoms with Gasteiger partial charge in [-0.05, 0) is 24.6 Å². The first kappa shape index (κ1) is 9.98. The maximum absolute atomic E-state index is 8.66. The van der Waals surface area contributed by atoms with E-state index in [0.29, 0.717) is 0 Å². The number of benzene rings is 1. The molecule has 15 heavy (non-hydrogen) atoms. The molecular formula is C11H15N3O. The van der Waals surface area contributed by atoms with E-state index in [9.17, 15) is 0 Å². The van der Waals surface area contributed by atoms with Gasteiger partial charge in [-0.1, -0.05) is 0 Å². The number of aliphatic hydroxyl groups is 1. The van der Waals surface area contributed by atoms with Gasteiger partial charge in [-0.15, -0.1) is 0 Å². The number of imidazole rings is 1. The topological polar surface area (TPSA) is 50.1 Å². The van der Waals surface area contributed by atoms with Crippen LogP contribution in [0.1, 0.15) is 6.42 Å². The van der Waals surface area contributed by atoms with Crippen LogP contribution in [0.4, 0.5) is 5.69 Å². The molecule has 0 bridgehead atoms. The minimum Gasteiger partial charge on any atom is -0.396 e. The molecule has 2 N–H and O–H groups in total. The molecular weight excluding hydrogens is 190 g/mol. The van der Waals surface area contributed by atoms with E-state index >= 15 is 0 Å². The second-order valence-corrected chi connectivity index (χ2v) is 3.56. The number of nitrogens with one attached hydrogen (secondary N) is 1. The molecule has 4 heteroatoms. The Kier molecular flexibility index (Phi) is 2.87. The van der Waals surface area contributed by atoms with Gasteiger partial charge in [0, 0.05) is 25.9 Å². The average molecular weight is 205 g/mol. The normalized spacial score (nSPS) is 10.8. The summed E-state index contributed by atoms with van der Waals surface area (Å²) in [6, 6.07) is 6.09. The van der Waals surface area contributed by atoms with Crippen molar-refractivity contribution in [1.82, 2.24) is 9.55 Å². The van der Waals surface area contributed by atoms with E-state index in [0.717, 1.165) is 29.7 Å². The lowest BCUT2D eigenvalue weighted by Crippen LogP contribution is -2.03. The molecule has 0 atom stereocenters. The summed E-state index contributed by atoms with van der Waals surface area (Å²) in [5, 5.41) is 11.9. The van der Waals surface area contributed by atoms with Gasteiger partial charge in [-0.2, -0.15) is 0 Å². The van der Waals surface area contributed by atoms with Crippen LogP contribution < -0.4 is 5.32 Å². The SMILES string of the molecule is Cn1cnc2cc(NCCCO)ccc21. The van der Waals surface area contributed by atoms with Crippen LogP contribution in [0.2, 0.25) is 0 Å². The van der Waals surface area contributed by atoms with Crippen molar-refractivity contribution in [3.63, 3.8) is 0 Å². The smallest absolute Gasteiger partial charge is 0.0955 e. The van der Waals surface area contributed by atoms with E-state index in [-0.39, 0.29) is 6.61 Å². The minimum absolute atomic E-state index is 0.221. The van der Waals surface area contributed by atoms with Crippen LogP contribution in [0.15, 0.2) is 24.5 Å². The van der Waals surface area contributed by atoms with Crippen molar-refractivity contribution in [2.75, 3.05) is 18.5 Å². The van der Waals surface area contributed by atoms with Gasteiger partial charge in [0.15, 0.2) is 0 Å². The summed E-state index contributed by atoms with van der Waals surface area (Å²) in [6.45, 7) is 1.01. The van der Waals surface area contributed by atoms with E-state index in [1.54, 1.807) is 0 Å². The Morgan fingerprint density at radius 1 is 1.47 bits per heavy atom. The van der Waals surface area contributed by atoms with Crippen molar-refractivity contribution in [3.8, 4) is 0 Å². The van der Waals surface area contributed by atoms with Gasteiger partial charge in [-0.3, -0.25) is 0 Å². The number of hydrogen-bond donors (Lipinski definition) is 2. The quantitative estimate of drug-likeness (QED) is 0.741. The van der Waals surface area contributed by atoms with Crippen LogP contribution in [0.3, 0.4) is 0 Å². The van der Waals surface area contributed by atoms with E-state index < -0.39 is 0 Å². The lowest BCUT2D eigenvalue weighted by atomic mass is 10.2. The zero-order valence-corrected chi connectivity index (χ0v) is 8.77. The number of aliphatic hydroxyl groups excluding tert-OH is 1. The number of aromatic nitrogens is 2. The molecule has 0 aliphatic heterocycles. The number of fused-ring (bicyclic) bond motifs is 1. The highest BCUT2D eigenvalue weighted by Gasteiger charge is 2.00. The summed E-state index contributed by atoms with van der Waals surface area (Å²) < 4.78 is 1.99. The van der Waals surface area contributed by atoms with Crippen molar-refractivity contribution in [2.45, 2.75) is 6.42 Å². The van der Waals surface area contributed by atoms with Crippen LogP contribution in [-0.2, 0) is 7.05 Å². The first-order chi connectivity index (χ1) is 7.31. The fourth-order valence-electron chi connectivity index (χ4n) is 1.56. The molecule has 2 aromatic rings. The molecule has 2 rings (SSSR count). The van der Waals surface area contributed by atoms with Crippen molar-refractivity contribution in [2.24, 2.45) is 7.05 Å². The third-order valence-electron chi connectivity index (χ3n) is 2.39. The zero-order chi connectivity index (χ0) is 10.7. The van der Waals surface area contributed by atoms with Gasteiger partial charge in [0.2, 0.25) is 0 Å². The Bertz CT molecular complexity index is 450. The highest BCUT2D eigenvalue weighted by molar-refractivity contribution is 5.79. The Labute approximate surface area is 88.6 Å². The maximum Gasteiger partial charge on any atom is 0.0955 e. The summed E-state index contributed by atoms with van der Waals surface area (Å²) >= 11 is 0. The predicted octanol–water partition coefficient (Wildman–Crippen LogP) is 1.37. The van der Waals surface area contributed by atoms with Crippen LogP contribution >= 0.6 is 0 Å². The van der Waals surface area contributed by atoms with Gasteiger partial charge in [-0.25, -0.2) is 4.98 Å². The molecule has 0 radical (unpaired) electrons. The lowest BCUT2D eigenvalue weighted by molar-refractivity contribution is 0.292. The fraction of sp³-hybridized carbons (Fsp3) is 0.364. The van der Waals surface area contributed by atoms with Crippen LogP contribution in [0, 0.1) is 0 Å². The number of nitrogens with zero attached hydrogens (tertiary/aromatic N) is 2. The summed E-state index contributed by atoms with van der Waals surface area (Å²) in [4.78, 5) is 4.28. The van der Waals surface area contributed by atoms with Gasteiger partial charge in [0.1, 0.15) is 0 Å². The molecule has 0 amide bonds. The molecule has 0 saturated carbocycles. The number of aryl methyl sites for hydroxylation is 1. The van der Waals surface area contributed by atoms with Crippen molar-refractivity contribution in [3.05, 3.63) is 24.5 Å². The third-order valence-corrected chi connectivity index (χ3v) is 2.39. The van der Waals surface area contributed by atoms with Gasteiger partial charge >= 0.3 is 0 Å². The Morgan fingerprint density at radius 2 is 2.33 bits per heavy atom. The van der Waals surface area contributed by atoms with E-state index in [4.69, 9.17) is 5.11 Å². The molecule has 1 aromatic carbocycles. The average Bonchev–Trinajstić information content (AvgIpc) is 2.61. The number of anilines is 1. The molecule has 1 heterocycles. The standard InChI is InChI=1S/C11H15N3O/c1-14-8-13-10-7-9(3-4-11(10)14)12-5-2-6-15/h3-4,7-8,12,15H,2,5-6H2,1H3. The van der Waals surface area contributed by atoms with E-state index in [1.165, 1.54) is 0 Å². The molecule has 0 aliphatic carbocycles. The first-order valence-corrected chi connectivity index (χ1v) is 5.07. The van der Waals surface area contributed by atoms with Crippen molar-refractivity contribution >= 4 is 16.7 Å². The van der Waals surface area contributed by atoms with Gasteiger partial charge in [0.25, 0.3) is 0 Å². The molecule has 0 fully saturated rings. The minimum atomic E-state index is 0.221. The van der Waals surface area contributed by atoms with E-state index in [2.05, 4.69) is 10.3 Å².